The van der Waals surface area contributed by atoms with Crippen LogP contribution in [-0.4, -0.2) is 0 Å². The summed E-state index contributed by atoms with van der Waals surface area (Å²) in [6, 6.07) is 56.7. The largest absolute Gasteiger partial charge is 0.192 e. The zero-order chi connectivity index (χ0) is 30.6. The number of hydrogen-bond acceptors (Lipinski definition) is 3. The minimum absolute atomic E-state index is 0.670. The van der Waals surface area contributed by atoms with Gasteiger partial charge in [-0.2, -0.15) is 5.26 Å². The van der Waals surface area contributed by atoms with Crippen LogP contribution < -0.4 is 0 Å². The molecule has 2 aromatic heterocycles. The highest BCUT2D eigenvalue weighted by molar-refractivity contribution is 7.26. The smallest absolute Gasteiger partial charge is 0.0998 e. The van der Waals surface area contributed by atoms with E-state index in [1.807, 2.05) is 40.9 Å². The van der Waals surface area contributed by atoms with Crippen molar-refractivity contribution in [2.45, 2.75) is 0 Å². The van der Waals surface area contributed by atoms with Crippen molar-refractivity contribution in [2.75, 3.05) is 0 Å². The molecule has 46 heavy (non-hydrogen) atoms. The highest BCUT2D eigenvalue weighted by atomic mass is 32.1. The third kappa shape index (κ3) is 4.27. The highest BCUT2D eigenvalue weighted by Crippen LogP contribution is 2.49. The fourth-order valence-electron chi connectivity index (χ4n) is 6.86. The summed E-state index contributed by atoms with van der Waals surface area (Å²) in [5.41, 5.74) is 9.62. The predicted molar refractivity (Wildman–Crippen MR) is 199 cm³/mol. The van der Waals surface area contributed by atoms with E-state index in [0.717, 1.165) is 33.4 Å². The van der Waals surface area contributed by atoms with E-state index in [1.165, 1.54) is 51.5 Å². The first kappa shape index (κ1) is 26.8. The van der Waals surface area contributed by atoms with Crippen molar-refractivity contribution in [1.82, 2.24) is 0 Å². The van der Waals surface area contributed by atoms with E-state index in [1.54, 1.807) is 0 Å². The average molecular weight is 620 g/mol. The van der Waals surface area contributed by atoms with Gasteiger partial charge in [0.25, 0.3) is 0 Å². The molecule has 214 valence electrons. The molecule has 0 unspecified atom stereocenters. The number of thiophene rings is 2. The lowest BCUT2D eigenvalue weighted by molar-refractivity contribution is 1.47. The number of hydrogen-bond donors (Lipinski definition) is 0. The van der Waals surface area contributed by atoms with E-state index < -0.39 is 0 Å². The molecule has 0 N–H and O–H groups in total. The first-order chi connectivity index (χ1) is 22.8. The van der Waals surface area contributed by atoms with E-state index in [0.29, 0.717) is 5.56 Å². The van der Waals surface area contributed by atoms with Gasteiger partial charge >= 0.3 is 0 Å². The molecule has 0 aliphatic carbocycles. The van der Waals surface area contributed by atoms with Crippen molar-refractivity contribution in [2.24, 2.45) is 0 Å². The van der Waals surface area contributed by atoms with Gasteiger partial charge in [-0.15, -0.1) is 22.7 Å². The summed E-state index contributed by atoms with van der Waals surface area (Å²) < 4.78 is 5.14. The van der Waals surface area contributed by atoms with Crippen LogP contribution in [0.3, 0.4) is 0 Å². The molecule has 3 heteroatoms. The van der Waals surface area contributed by atoms with Crippen LogP contribution in [0.2, 0.25) is 0 Å². The summed E-state index contributed by atoms with van der Waals surface area (Å²) in [7, 11) is 0. The lowest BCUT2D eigenvalue weighted by atomic mass is 9.81. The number of benzene rings is 7. The molecule has 0 aliphatic rings. The number of rotatable bonds is 4. The minimum Gasteiger partial charge on any atom is -0.192 e. The Morgan fingerprint density at radius 1 is 0.370 bits per heavy atom. The number of nitriles is 1. The summed E-state index contributed by atoms with van der Waals surface area (Å²) in [4.78, 5) is 0. The molecule has 0 amide bonds. The molecule has 0 fully saturated rings. The summed E-state index contributed by atoms with van der Waals surface area (Å²) >= 11 is 3.67. The van der Waals surface area contributed by atoms with Crippen molar-refractivity contribution in [1.29, 1.82) is 5.26 Å². The lowest BCUT2D eigenvalue weighted by Crippen LogP contribution is -1.96. The highest BCUT2D eigenvalue weighted by Gasteiger charge is 2.22. The summed E-state index contributed by atoms with van der Waals surface area (Å²) in [6.07, 6.45) is 0. The van der Waals surface area contributed by atoms with E-state index in [4.69, 9.17) is 0 Å². The molecule has 2 heterocycles. The van der Waals surface area contributed by atoms with Crippen LogP contribution in [-0.2, 0) is 0 Å². The van der Waals surface area contributed by atoms with Gasteiger partial charge in [0, 0.05) is 45.9 Å². The van der Waals surface area contributed by atoms with E-state index >= 15 is 0 Å². The maximum atomic E-state index is 10.2. The standard InChI is InChI=1S/C43H25NS2/c44-26-30-12-4-5-13-31(30)35-21-20-32(27-10-2-1-3-11-27)42(28-18-22-40-36(24-28)33-14-6-8-16-38(33)45-40)43(35)29-19-23-41-37(25-29)34-15-7-9-17-39(34)46-41/h1-25H. The molecule has 1 nitrogen and oxygen atoms in total. The molecule has 9 rings (SSSR count). The Bertz CT molecular complexity index is 2650. The van der Waals surface area contributed by atoms with E-state index in [9.17, 15) is 5.26 Å². The van der Waals surface area contributed by atoms with Crippen molar-refractivity contribution >= 4 is 63.0 Å². The van der Waals surface area contributed by atoms with Gasteiger partial charge < -0.3 is 0 Å². The molecule has 0 atom stereocenters. The molecule has 9 aromatic rings. The third-order valence-electron chi connectivity index (χ3n) is 8.96. The molecule has 0 bridgehead atoms. The Morgan fingerprint density at radius 3 is 1.50 bits per heavy atom. The molecule has 0 spiro atoms. The van der Waals surface area contributed by atoms with Gasteiger partial charge in [0.05, 0.1) is 11.6 Å². The average Bonchev–Trinajstić information content (AvgIpc) is 3.69. The van der Waals surface area contributed by atoms with Gasteiger partial charge in [0.1, 0.15) is 0 Å². The number of nitrogens with zero attached hydrogens (tertiary/aromatic N) is 1. The van der Waals surface area contributed by atoms with Crippen LogP contribution in [0.15, 0.2) is 152 Å². The second-order valence-corrected chi connectivity index (χ2v) is 13.7. The summed E-state index contributed by atoms with van der Waals surface area (Å²) in [5.74, 6) is 0. The van der Waals surface area contributed by atoms with Gasteiger partial charge in [-0.1, -0.05) is 109 Å². The number of fused-ring (bicyclic) bond motifs is 6. The quantitative estimate of drug-likeness (QED) is 0.192. The molecular weight excluding hydrogens is 595 g/mol. The molecule has 0 radical (unpaired) electrons. The second kappa shape index (κ2) is 10.8. The van der Waals surface area contributed by atoms with E-state index in [2.05, 4.69) is 140 Å². The van der Waals surface area contributed by atoms with E-state index in [-0.39, 0.29) is 0 Å². The minimum atomic E-state index is 0.670. The van der Waals surface area contributed by atoms with Crippen molar-refractivity contribution in [3.05, 3.63) is 157 Å². The summed E-state index contributed by atoms with van der Waals surface area (Å²) in [6.45, 7) is 0. The Morgan fingerprint density at radius 2 is 0.870 bits per heavy atom. The molecule has 0 saturated carbocycles. The maximum Gasteiger partial charge on any atom is 0.0998 e. The van der Waals surface area contributed by atoms with Crippen LogP contribution in [0.1, 0.15) is 5.56 Å². The van der Waals surface area contributed by atoms with Crippen LogP contribution in [0.25, 0.3) is 84.9 Å². The first-order valence-corrected chi connectivity index (χ1v) is 17.0. The zero-order valence-electron chi connectivity index (χ0n) is 24.7. The van der Waals surface area contributed by atoms with Gasteiger partial charge in [0.15, 0.2) is 0 Å². The van der Waals surface area contributed by atoms with Crippen LogP contribution >= 0.6 is 22.7 Å². The Hall–Kier alpha value is -5.53. The Balaban J connectivity index is 1.44. The monoisotopic (exact) mass is 619 g/mol. The van der Waals surface area contributed by atoms with Crippen molar-refractivity contribution in [3.63, 3.8) is 0 Å². The Kier molecular flexibility index (Phi) is 6.31. The topological polar surface area (TPSA) is 23.8 Å². The normalized spacial score (nSPS) is 11.5. The second-order valence-electron chi connectivity index (χ2n) is 11.6. The van der Waals surface area contributed by atoms with Crippen LogP contribution in [0.5, 0.6) is 0 Å². The molecule has 7 aromatic carbocycles. The van der Waals surface area contributed by atoms with Crippen LogP contribution in [0.4, 0.5) is 0 Å². The maximum absolute atomic E-state index is 10.2. The molecule has 0 saturated heterocycles. The fraction of sp³-hybridized carbons (Fsp3) is 0. The van der Waals surface area contributed by atoms with Gasteiger partial charge in [-0.25, -0.2) is 0 Å². The SMILES string of the molecule is N#Cc1ccccc1-c1ccc(-c2ccccc2)c(-c2ccc3sc4ccccc4c3c2)c1-c1ccc2sc3ccccc3c2c1. The fourth-order valence-corrected chi connectivity index (χ4v) is 9.04. The van der Waals surface area contributed by atoms with Crippen molar-refractivity contribution in [3.8, 4) is 50.6 Å². The predicted octanol–water partition coefficient (Wildman–Crippen LogP) is 13.0. The van der Waals surface area contributed by atoms with Crippen LogP contribution in [0, 0.1) is 11.3 Å². The molecule has 0 aliphatic heterocycles. The van der Waals surface area contributed by atoms with Gasteiger partial charge in [-0.3, -0.25) is 0 Å². The van der Waals surface area contributed by atoms with Crippen molar-refractivity contribution < 1.29 is 0 Å². The van der Waals surface area contributed by atoms with Gasteiger partial charge in [0.2, 0.25) is 0 Å². The molecular formula is C43H25NS2. The first-order valence-electron chi connectivity index (χ1n) is 15.3. The Labute approximate surface area is 274 Å². The van der Waals surface area contributed by atoms with Gasteiger partial charge in [-0.05, 0) is 81.4 Å². The summed E-state index contributed by atoms with van der Waals surface area (Å²) in [5, 5.41) is 15.3. The lowest BCUT2D eigenvalue weighted by Gasteiger charge is -2.21. The zero-order valence-corrected chi connectivity index (χ0v) is 26.3. The third-order valence-corrected chi connectivity index (χ3v) is 11.3.